The molecule has 6 rings (SSSR count). The van der Waals surface area contributed by atoms with Gasteiger partial charge in [-0.25, -0.2) is 4.79 Å². The predicted molar refractivity (Wildman–Crippen MR) is 200 cm³/mol. The molecule has 53 heavy (non-hydrogen) atoms. The van der Waals surface area contributed by atoms with Gasteiger partial charge in [-0.2, -0.15) is 0 Å². The Morgan fingerprint density at radius 1 is 0.849 bits per heavy atom. The first-order valence-electron chi connectivity index (χ1n) is 18.1. The monoisotopic (exact) mass is 723 g/mol. The van der Waals surface area contributed by atoms with Crippen molar-refractivity contribution in [1.29, 1.82) is 0 Å². The molecular weight excluding hydrogens is 674 g/mol. The van der Waals surface area contributed by atoms with E-state index in [1.807, 2.05) is 66.7 Å². The van der Waals surface area contributed by atoms with E-state index in [9.17, 15) is 14.7 Å². The average molecular weight is 724 g/mol. The van der Waals surface area contributed by atoms with Gasteiger partial charge in [0, 0.05) is 37.7 Å². The highest BCUT2D eigenvalue weighted by atomic mass is 16.7. The van der Waals surface area contributed by atoms with E-state index in [0.717, 1.165) is 70.9 Å². The molecule has 11 nitrogen and oxygen atoms in total. The molecule has 4 atom stereocenters. The van der Waals surface area contributed by atoms with Gasteiger partial charge in [0.05, 0.1) is 39.6 Å². The maximum absolute atomic E-state index is 12.3. The zero-order valence-electron chi connectivity index (χ0n) is 30.8. The number of amides is 2. The van der Waals surface area contributed by atoms with Gasteiger partial charge < -0.3 is 39.4 Å². The highest BCUT2D eigenvalue weighted by Crippen LogP contribution is 2.43. The molecule has 0 bridgehead atoms. The third kappa shape index (κ3) is 9.36. The highest BCUT2D eigenvalue weighted by Gasteiger charge is 2.39. The number of hydrogen-bond acceptors (Lipinski definition) is 9. The number of rotatable bonds is 13. The fraction of sp³-hybridized carbons (Fsp3) is 0.381. The Hall–Kier alpha value is -4.94. The van der Waals surface area contributed by atoms with Gasteiger partial charge in [0.25, 0.3) is 0 Å². The number of carbonyl (C=O) groups is 2. The molecule has 2 aliphatic rings. The van der Waals surface area contributed by atoms with Crippen LogP contribution in [-0.4, -0.2) is 68.6 Å². The summed E-state index contributed by atoms with van der Waals surface area (Å²) in [6.45, 7) is 6.63. The van der Waals surface area contributed by atoms with E-state index in [1.54, 1.807) is 21.1 Å². The normalized spacial score (nSPS) is 19.9. The van der Waals surface area contributed by atoms with Crippen LogP contribution in [0.1, 0.15) is 59.6 Å². The third-order valence-electron chi connectivity index (χ3n) is 9.93. The number of ether oxygens (including phenoxy) is 5. The second-order valence-electron chi connectivity index (χ2n) is 13.5. The minimum atomic E-state index is -0.618. The first kappa shape index (κ1) is 37.8. The number of carbonyl (C=O) groups excluding carboxylic acids is 2. The van der Waals surface area contributed by atoms with Crippen LogP contribution in [0.25, 0.3) is 11.1 Å². The summed E-state index contributed by atoms with van der Waals surface area (Å²) in [5.74, 6) is 1.04. The molecule has 1 saturated heterocycles. The molecule has 2 aliphatic heterocycles. The van der Waals surface area contributed by atoms with E-state index in [0.29, 0.717) is 0 Å². The lowest BCUT2D eigenvalue weighted by molar-refractivity contribution is -0.276. The maximum atomic E-state index is 12.3. The molecule has 4 aromatic rings. The van der Waals surface area contributed by atoms with Gasteiger partial charge in [0.1, 0.15) is 6.54 Å². The predicted octanol–water partition coefficient (Wildman–Crippen LogP) is 6.08. The number of fused-ring (bicyclic) bond motifs is 1. The van der Waals surface area contributed by atoms with Crippen molar-refractivity contribution in [3.63, 3.8) is 0 Å². The molecular formula is C42H49N3O8. The van der Waals surface area contributed by atoms with Crippen LogP contribution < -0.4 is 20.1 Å². The van der Waals surface area contributed by atoms with Crippen LogP contribution in [0.3, 0.4) is 0 Å². The summed E-state index contributed by atoms with van der Waals surface area (Å²) in [5.41, 5.74) is 8.16. The number of esters is 1. The number of nitrogens with zero attached hydrogens (tertiary/aromatic N) is 1. The molecule has 11 heteroatoms. The van der Waals surface area contributed by atoms with E-state index < -0.39 is 18.3 Å². The molecule has 0 aliphatic carbocycles. The number of methoxy groups -OCH3 is 2. The lowest BCUT2D eigenvalue weighted by Crippen LogP contribution is -2.45. The van der Waals surface area contributed by atoms with Crippen LogP contribution in [0.2, 0.25) is 0 Å². The Kier molecular flexibility index (Phi) is 12.6. The quantitative estimate of drug-likeness (QED) is 0.141. The molecule has 0 aromatic heterocycles. The first-order valence-corrected chi connectivity index (χ1v) is 18.1. The minimum absolute atomic E-state index is 0.0183. The number of nitrogens with one attached hydrogen (secondary N) is 2. The lowest BCUT2D eigenvalue weighted by atomic mass is 9.89. The van der Waals surface area contributed by atoms with Crippen LogP contribution in [0.5, 0.6) is 11.5 Å². The topological polar surface area (TPSA) is 128 Å². The summed E-state index contributed by atoms with van der Waals surface area (Å²) in [4.78, 5) is 26.3. The third-order valence-corrected chi connectivity index (χ3v) is 9.93. The molecule has 0 radical (unpaired) electrons. The van der Waals surface area contributed by atoms with Crippen molar-refractivity contribution in [3.8, 4) is 22.6 Å². The number of urea groups is 1. The van der Waals surface area contributed by atoms with E-state index in [1.165, 1.54) is 11.1 Å². The van der Waals surface area contributed by atoms with Gasteiger partial charge in [-0.05, 0) is 76.6 Å². The molecule has 2 heterocycles. The molecule has 3 N–H and O–H groups in total. The molecule has 0 unspecified atom stereocenters. The molecule has 280 valence electrons. The summed E-state index contributed by atoms with van der Waals surface area (Å²) in [6.07, 6.45) is -0.0857. The standard InChI is InChI=1S/C42H49N3O8/c1-5-51-39(47)23-44-42(48)43-22-29-8-6-9-31(18-29)32-10-7-11-34(19-32)41-52-38(27(2)40(53-41)30-14-12-28(26-46)13-15-30)25-45-17-16-33-20-36(49-3)37(50-4)21-35(33)24-45/h6-15,18-21,27,38,40-41,46H,5,16-17,22-26H2,1-4H3,(H2,43,44,48)/t27-,38+,40+,41+/m1/s1. The Balaban J connectivity index is 1.20. The van der Waals surface area contributed by atoms with Crippen LogP contribution >= 0.6 is 0 Å². The smallest absolute Gasteiger partial charge is 0.325 e. The van der Waals surface area contributed by atoms with Crippen molar-refractivity contribution in [2.75, 3.05) is 40.5 Å². The SMILES string of the molecule is CCOC(=O)CNC(=O)NCc1cccc(-c2cccc([C@H]3O[C@@H](CN4CCc5cc(OC)c(OC)cc5C4)[C@@H](C)[C@@H](c4ccc(CO)cc4)O3)c2)c1. The fourth-order valence-electron chi connectivity index (χ4n) is 7.02. The Morgan fingerprint density at radius 3 is 2.28 bits per heavy atom. The molecule has 0 spiro atoms. The van der Waals surface area contributed by atoms with Crippen LogP contribution in [0.15, 0.2) is 84.9 Å². The summed E-state index contributed by atoms with van der Waals surface area (Å²) < 4.78 is 29.7. The van der Waals surface area contributed by atoms with Crippen LogP contribution in [0.4, 0.5) is 4.79 Å². The minimum Gasteiger partial charge on any atom is -0.493 e. The average Bonchev–Trinajstić information content (AvgIpc) is 3.19. The van der Waals surface area contributed by atoms with Gasteiger partial charge in [0.15, 0.2) is 17.8 Å². The fourth-order valence-corrected chi connectivity index (χ4v) is 7.02. The molecule has 0 saturated carbocycles. The number of hydrogen-bond donors (Lipinski definition) is 3. The van der Waals surface area contributed by atoms with Crippen molar-refractivity contribution in [2.24, 2.45) is 5.92 Å². The number of benzene rings is 4. The van der Waals surface area contributed by atoms with Crippen LogP contribution in [0, 0.1) is 5.92 Å². The second-order valence-corrected chi connectivity index (χ2v) is 13.5. The van der Waals surface area contributed by atoms with Gasteiger partial charge in [-0.15, -0.1) is 0 Å². The number of aliphatic hydroxyl groups is 1. The lowest BCUT2D eigenvalue weighted by Gasteiger charge is -2.43. The Morgan fingerprint density at radius 2 is 1.57 bits per heavy atom. The van der Waals surface area contributed by atoms with E-state index in [-0.39, 0.29) is 44.4 Å². The van der Waals surface area contributed by atoms with E-state index in [2.05, 4.69) is 40.7 Å². The van der Waals surface area contributed by atoms with Gasteiger partial charge >= 0.3 is 12.0 Å². The summed E-state index contributed by atoms with van der Waals surface area (Å²) in [6, 6.07) is 27.8. The molecule has 4 aromatic carbocycles. The van der Waals surface area contributed by atoms with Gasteiger partial charge in [-0.3, -0.25) is 9.69 Å². The largest absolute Gasteiger partial charge is 0.493 e. The second kappa shape index (κ2) is 17.7. The number of aliphatic hydroxyl groups excluding tert-OH is 1. The zero-order valence-corrected chi connectivity index (χ0v) is 30.8. The summed E-state index contributed by atoms with van der Waals surface area (Å²) in [7, 11) is 3.33. The van der Waals surface area contributed by atoms with Crippen molar-refractivity contribution in [1.82, 2.24) is 15.5 Å². The van der Waals surface area contributed by atoms with E-state index >= 15 is 0 Å². The van der Waals surface area contributed by atoms with Gasteiger partial charge in [0.2, 0.25) is 0 Å². The Bertz CT molecular complexity index is 1870. The maximum Gasteiger partial charge on any atom is 0.325 e. The molecule has 2 amide bonds. The zero-order chi connectivity index (χ0) is 37.3. The summed E-state index contributed by atoms with van der Waals surface area (Å²) in [5, 5.41) is 15.0. The van der Waals surface area contributed by atoms with Crippen molar-refractivity contribution in [2.45, 2.75) is 58.5 Å². The van der Waals surface area contributed by atoms with Gasteiger partial charge in [-0.1, -0.05) is 67.6 Å². The van der Waals surface area contributed by atoms with Crippen molar-refractivity contribution < 1.29 is 38.4 Å². The van der Waals surface area contributed by atoms with E-state index in [4.69, 9.17) is 23.7 Å². The first-order chi connectivity index (χ1) is 25.8. The summed E-state index contributed by atoms with van der Waals surface area (Å²) >= 11 is 0. The van der Waals surface area contributed by atoms with Crippen molar-refractivity contribution >= 4 is 12.0 Å². The Labute approximate surface area is 311 Å². The van der Waals surface area contributed by atoms with Crippen LogP contribution in [-0.2, 0) is 45.1 Å². The highest BCUT2D eigenvalue weighted by molar-refractivity contribution is 5.80. The van der Waals surface area contributed by atoms with Crippen molar-refractivity contribution in [3.05, 3.63) is 118 Å². The molecule has 1 fully saturated rings.